The molecule has 0 radical (unpaired) electrons. The molecule has 6 heteroatoms. The van der Waals surface area contributed by atoms with E-state index in [1.54, 1.807) is 25.2 Å². The number of ether oxygens (including phenoxy) is 1. The Morgan fingerprint density at radius 2 is 1.85 bits per heavy atom. The van der Waals surface area contributed by atoms with Crippen molar-refractivity contribution in [1.82, 2.24) is 10.2 Å². The third kappa shape index (κ3) is 4.24. The van der Waals surface area contributed by atoms with Crippen molar-refractivity contribution in [3.63, 3.8) is 0 Å². The summed E-state index contributed by atoms with van der Waals surface area (Å²) in [7, 11) is 1.59. The van der Waals surface area contributed by atoms with Crippen LogP contribution in [0.2, 0.25) is 0 Å². The molecule has 0 bridgehead atoms. The number of piperidine rings is 1. The van der Waals surface area contributed by atoms with Crippen molar-refractivity contribution >= 4 is 17.5 Å². The highest BCUT2D eigenvalue weighted by Gasteiger charge is 2.37. The van der Waals surface area contributed by atoms with Gasteiger partial charge in [-0.05, 0) is 69.3 Å². The van der Waals surface area contributed by atoms with Gasteiger partial charge in [0.15, 0.2) is 0 Å². The highest BCUT2D eigenvalue weighted by atomic mass is 16.5. The molecule has 6 nitrogen and oxygen atoms in total. The largest absolute Gasteiger partial charge is 0.381 e. The fraction of sp³-hybridized carbons (Fsp3) is 0.600. The number of carbonyl (C=O) groups is 2. The smallest absolute Gasteiger partial charge is 0.251 e. The predicted molar refractivity (Wildman–Crippen MR) is 101 cm³/mol. The minimum Gasteiger partial charge on any atom is -0.381 e. The van der Waals surface area contributed by atoms with E-state index in [1.165, 1.54) is 0 Å². The quantitative estimate of drug-likeness (QED) is 0.865. The lowest BCUT2D eigenvalue weighted by atomic mass is 9.72. The van der Waals surface area contributed by atoms with E-state index in [1.807, 2.05) is 13.0 Å². The molecular formula is C20H29N3O3. The number of anilines is 1. The Bertz CT molecular complexity index is 645. The maximum atomic E-state index is 12.7. The summed E-state index contributed by atoms with van der Waals surface area (Å²) < 4.78 is 5.50. The van der Waals surface area contributed by atoms with E-state index < -0.39 is 0 Å². The lowest BCUT2D eigenvalue weighted by molar-refractivity contribution is -0.122. The molecule has 2 N–H and O–H groups in total. The molecule has 2 heterocycles. The van der Waals surface area contributed by atoms with Gasteiger partial charge in [-0.15, -0.1) is 0 Å². The third-order valence-corrected chi connectivity index (χ3v) is 5.96. The van der Waals surface area contributed by atoms with Crippen LogP contribution < -0.4 is 10.6 Å². The third-order valence-electron chi connectivity index (χ3n) is 5.96. The van der Waals surface area contributed by atoms with Crippen molar-refractivity contribution in [3.8, 4) is 0 Å². The van der Waals surface area contributed by atoms with Gasteiger partial charge in [-0.1, -0.05) is 6.07 Å². The molecule has 0 aromatic heterocycles. The molecule has 1 unspecified atom stereocenters. The zero-order valence-corrected chi connectivity index (χ0v) is 15.7. The summed E-state index contributed by atoms with van der Waals surface area (Å²) in [5.41, 5.74) is 1.62. The van der Waals surface area contributed by atoms with Crippen molar-refractivity contribution in [2.75, 3.05) is 38.7 Å². The summed E-state index contributed by atoms with van der Waals surface area (Å²) >= 11 is 0. The van der Waals surface area contributed by atoms with Gasteiger partial charge in [0.2, 0.25) is 5.91 Å². The number of hydrogen-bond acceptors (Lipinski definition) is 4. The standard InChI is InChI=1S/C20H29N3O3/c1-15(23-10-6-20(7-11-23)8-12-26-13-9-20)18(24)22-17-5-3-4-16(14-17)19(25)21-2/h3-5,14-15H,6-13H2,1-2H3,(H,21,25)(H,22,24). The molecule has 1 atom stereocenters. The van der Waals surface area contributed by atoms with Gasteiger partial charge in [0.25, 0.3) is 5.91 Å². The van der Waals surface area contributed by atoms with Gasteiger partial charge in [0.05, 0.1) is 6.04 Å². The second-order valence-electron chi connectivity index (χ2n) is 7.47. The Hall–Kier alpha value is -1.92. The van der Waals surface area contributed by atoms with Crippen LogP contribution in [0.15, 0.2) is 24.3 Å². The normalized spacial score (nSPS) is 21.2. The van der Waals surface area contributed by atoms with Crippen molar-refractivity contribution in [1.29, 1.82) is 0 Å². The highest BCUT2D eigenvalue weighted by molar-refractivity contribution is 5.98. The van der Waals surface area contributed by atoms with Crippen molar-refractivity contribution < 1.29 is 14.3 Å². The Balaban J connectivity index is 1.56. The average molecular weight is 359 g/mol. The maximum absolute atomic E-state index is 12.7. The Morgan fingerprint density at radius 3 is 2.50 bits per heavy atom. The fourth-order valence-corrected chi connectivity index (χ4v) is 3.99. The van der Waals surface area contributed by atoms with Crippen molar-refractivity contribution in [3.05, 3.63) is 29.8 Å². The predicted octanol–water partition coefficient (Wildman–Crippen LogP) is 2.27. The minimum absolute atomic E-state index is 0.0259. The molecule has 0 aliphatic carbocycles. The first-order valence-corrected chi connectivity index (χ1v) is 9.48. The minimum atomic E-state index is -0.184. The molecule has 2 amide bonds. The summed E-state index contributed by atoms with van der Waals surface area (Å²) in [6, 6.07) is 6.84. The van der Waals surface area contributed by atoms with Crippen LogP contribution in [0.25, 0.3) is 0 Å². The number of benzene rings is 1. The second-order valence-corrected chi connectivity index (χ2v) is 7.47. The first-order valence-electron chi connectivity index (χ1n) is 9.48. The molecule has 0 saturated carbocycles. The van der Waals surface area contributed by atoms with Crippen LogP contribution in [-0.2, 0) is 9.53 Å². The Labute approximate surface area is 155 Å². The summed E-state index contributed by atoms with van der Waals surface area (Å²) in [6.07, 6.45) is 4.57. The first kappa shape index (κ1) is 18.9. The molecule has 26 heavy (non-hydrogen) atoms. The zero-order valence-electron chi connectivity index (χ0n) is 15.7. The van der Waals surface area contributed by atoms with Crippen molar-refractivity contribution in [2.45, 2.75) is 38.6 Å². The molecule has 1 aromatic rings. The first-order chi connectivity index (χ1) is 12.5. The SMILES string of the molecule is CNC(=O)c1cccc(NC(=O)C(C)N2CCC3(CCOCC3)CC2)c1. The molecule has 2 aliphatic heterocycles. The molecule has 142 valence electrons. The number of likely N-dealkylation sites (tertiary alicyclic amines) is 1. The second kappa shape index (κ2) is 8.18. The van der Waals surface area contributed by atoms with E-state index in [-0.39, 0.29) is 17.9 Å². The van der Waals surface area contributed by atoms with Crippen LogP contribution in [0.1, 0.15) is 43.0 Å². The molecule has 2 aliphatic rings. The van der Waals surface area contributed by atoms with Crippen LogP contribution >= 0.6 is 0 Å². The molecule has 1 spiro atoms. The maximum Gasteiger partial charge on any atom is 0.251 e. The summed E-state index contributed by atoms with van der Waals surface area (Å²) in [5.74, 6) is -0.186. The van der Waals surface area contributed by atoms with Gasteiger partial charge in [0.1, 0.15) is 0 Å². The molecule has 2 fully saturated rings. The summed E-state index contributed by atoms with van der Waals surface area (Å²) in [5, 5.41) is 5.54. The zero-order chi connectivity index (χ0) is 18.6. The van der Waals surface area contributed by atoms with Crippen molar-refractivity contribution in [2.24, 2.45) is 5.41 Å². The van der Waals surface area contributed by atoms with Crippen LogP contribution in [0.4, 0.5) is 5.69 Å². The lowest BCUT2D eigenvalue weighted by Crippen LogP contribution is -2.49. The monoisotopic (exact) mass is 359 g/mol. The van der Waals surface area contributed by atoms with E-state index in [9.17, 15) is 9.59 Å². The van der Waals surface area contributed by atoms with Gasteiger partial charge in [0, 0.05) is 31.5 Å². The van der Waals surface area contributed by atoms with E-state index >= 15 is 0 Å². The van der Waals surface area contributed by atoms with Crippen LogP contribution in [-0.4, -0.2) is 56.1 Å². The molecule has 1 aromatic carbocycles. The van der Waals surface area contributed by atoms with Crippen LogP contribution in [0, 0.1) is 5.41 Å². The number of hydrogen-bond donors (Lipinski definition) is 2. The average Bonchev–Trinajstić information content (AvgIpc) is 2.68. The van der Waals surface area contributed by atoms with Crippen LogP contribution in [0.3, 0.4) is 0 Å². The van der Waals surface area contributed by atoms with E-state index in [4.69, 9.17) is 4.74 Å². The van der Waals surface area contributed by atoms with Gasteiger partial charge in [-0.3, -0.25) is 14.5 Å². The molecular weight excluding hydrogens is 330 g/mol. The van der Waals surface area contributed by atoms with Gasteiger partial charge < -0.3 is 15.4 Å². The Kier molecular flexibility index (Phi) is 5.94. The lowest BCUT2D eigenvalue weighted by Gasteiger charge is -2.45. The van der Waals surface area contributed by atoms with E-state index in [2.05, 4.69) is 15.5 Å². The summed E-state index contributed by atoms with van der Waals surface area (Å²) in [4.78, 5) is 26.7. The summed E-state index contributed by atoms with van der Waals surface area (Å²) in [6.45, 7) is 5.61. The molecule has 3 rings (SSSR count). The molecule has 2 saturated heterocycles. The fourth-order valence-electron chi connectivity index (χ4n) is 3.99. The number of amides is 2. The van der Waals surface area contributed by atoms with E-state index in [0.717, 1.165) is 52.0 Å². The number of carbonyl (C=O) groups excluding carboxylic acids is 2. The number of nitrogens with one attached hydrogen (secondary N) is 2. The Morgan fingerprint density at radius 1 is 1.15 bits per heavy atom. The van der Waals surface area contributed by atoms with E-state index in [0.29, 0.717) is 16.7 Å². The topological polar surface area (TPSA) is 70.7 Å². The number of nitrogens with zero attached hydrogens (tertiary/aromatic N) is 1. The van der Waals surface area contributed by atoms with Gasteiger partial charge >= 0.3 is 0 Å². The van der Waals surface area contributed by atoms with Crippen LogP contribution in [0.5, 0.6) is 0 Å². The van der Waals surface area contributed by atoms with Gasteiger partial charge in [-0.2, -0.15) is 0 Å². The van der Waals surface area contributed by atoms with Gasteiger partial charge in [-0.25, -0.2) is 0 Å². The highest BCUT2D eigenvalue weighted by Crippen LogP contribution is 2.40. The number of rotatable bonds is 4.